The first-order valence-electron chi connectivity index (χ1n) is 3.25. The van der Waals surface area contributed by atoms with Gasteiger partial charge in [-0.3, -0.25) is 4.21 Å². The van der Waals surface area contributed by atoms with Gasteiger partial charge in [-0.2, -0.15) is 0 Å². The van der Waals surface area contributed by atoms with Gasteiger partial charge in [0, 0.05) is 23.3 Å². The molecule has 1 aromatic rings. The first-order chi connectivity index (χ1) is 5.52. The molecule has 0 spiro atoms. The molecule has 68 valence electrons. The van der Waals surface area contributed by atoms with Gasteiger partial charge in [-0.15, -0.1) is 0 Å². The first kappa shape index (κ1) is 11.0. The SMILES string of the molecule is CS(C)=O.Oc1ccc(O)cc1. The smallest absolute Gasteiger partial charge is 0.115 e. The highest BCUT2D eigenvalue weighted by molar-refractivity contribution is 7.83. The number of rotatable bonds is 0. The van der Waals surface area contributed by atoms with Gasteiger partial charge in [-0.05, 0) is 24.3 Å². The average Bonchev–Trinajstić information content (AvgIpc) is 1.94. The third kappa shape index (κ3) is 7.08. The summed E-state index contributed by atoms with van der Waals surface area (Å²) in [7, 11) is -0.611. The third-order valence-corrected chi connectivity index (χ3v) is 0.850. The summed E-state index contributed by atoms with van der Waals surface area (Å²) >= 11 is 0. The fourth-order valence-electron chi connectivity index (χ4n) is 0.453. The monoisotopic (exact) mass is 188 g/mol. The minimum Gasteiger partial charge on any atom is -0.508 e. The highest BCUT2D eigenvalue weighted by Crippen LogP contribution is 2.13. The maximum atomic E-state index is 9.56. The Bertz CT molecular complexity index is 218. The summed E-state index contributed by atoms with van der Waals surface area (Å²) in [5.74, 6) is 0.339. The third-order valence-electron chi connectivity index (χ3n) is 0.850. The van der Waals surface area contributed by atoms with Gasteiger partial charge in [0.2, 0.25) is 0 Å². The van der Waals surface area contributed by atoms with E-state index in [9.17, 15) is 4.21 Å². The normalized spacial score (nSPS) is 8.92. The predicted octanol–water partition coefficient (Wildman–Crippen LogP) is 1.09. The molecule has 0 unspecified atom stereocenters. The van der Waals surface area contributed by atoms with Crippen molar-refractivity contribution in [1.29, 1.82) is 0 Å². The molecule has 0 amide bonds. The summed E-state index contributed by atoms with van der Waals surface area (Å²) in [6.07, 6.45) is 3.28. The molecule has 4 heteroatoms. The van der Waals surface area contributed by atoms with Crippen LogP contribution < -0.4 is 0 Å². The van der Waals surface area contributed by atoms with Crippen LogP contribution in [-0.2, 0) is 10.8 Å². The number of hydrogen-bond acceptors (Lipinski definition) is 3. The van der Waals surface area contributed by atoms with Gasteiger partial charge in [-0.25, -0.2) is 0 Å². The molecule has 12 heavy (non-hydrogen) atoms. The molecule has 1 rings (SSSR count). The van der Waals surface area contributed by atoms with Crippen molar-refractivity contribution in [3.63, 3.8) is 0 Å². The lowest BCUT2D eigenvalue weighted by Gasteiger charge is -1.88. The van der Waals surface area contributed by atoms with Crippen molar-refractivity contribution in [1.82, 2.24) is 0 Å². The fourth-order valence-corrected chi connectivity index (χ4v) is 0.453. The Morgan fingerprint density at radius 3 is 1.33 bits per heavy atom. The maximum absolute atomic E-state index is 9.56. The zero-order valence-corrected chi connectivity index (χ0v) is 7.84. The fraction of sp³-hybridized carbons (Fsp3) is 0.250. The quantitative estimate of drug-likeness (QED) is 0.599. The molecule has 0 radical (unpaired) electrons. The lowest BCUT2D eigenvalue weighted by Crippen LogP contribution is -1.70. The average molecular weight is 188 g/mol. The van der Waals surface area contributed by atoms with Crippen molar-refractivity contribution in [2.75, 3.05) is 12.5 Å². The zero-order valence-electron chi connectivity index (χ0n) is 7.02. The molecule has 0 fully saturated rings. The van der Waals surface area contributed by atoms with Crippen molar-refractivity contribution in [3.8, 4) is 11.5 Å². The number of hydrogen-bond donors (Lipinski definition) is 2. The van der Waals surface area contributed by atoms with E-state index in [2.05, 4.69) is 0 Å². The largest absolute Gasteiger partial charge is 0.508 e. The summed E-state index contributed by atoms with van der Waals surface area (Å²) in [5, 5.41) is 17.3. The van der Waals surface area contributed by atoms with Crippen LogP contribution in [0.1, 0.15) is 0 Å². The Hall–Kier alpha value is -1.03. The number of aromatic hydroxyl groups is 2. The van der Waals surface area contributed by atoms with Crippen LogP contribution >= 0.6 is 0 Å². The van der Waals surface area contributed by atoms with E-state index in [-0.39, 0.29) is 11.5 Å². The molecule has 2 N–H and O–H groups in total. The minimum atomic E-state index is -0.611. The minimum absolute atomic E-state index is 0.169. The molecule has 0 aliphatic heterocycles. The van der Waals surface area contributed by atoms with Crippen LogP contribution in [-0.4, -0.2) is 26.9 Å². The van der Waals surface area contributed by atoms with Crippen LogP contribution in [0.2, 0.25) is 0 Å². The Kier molecular flexibility index (Phi) is 5.12. The summed E-state index contributed by atoms with van der Waals surface area (Å²) in [6, 6.07) is 5.70. The van der Waals surface area contributed by atoms with Gasteiger partial charge < -0.3 is 10.2 Å². The van der Waals surface area contributed by atoms with Crippen molar-refractivity contribution in [2.24, 2.45) is 0 Å². The first-order valence-corrected chi connectivity index (χ1v) is 5.22. The van der Waals surface area contributed by atoms with Crippen molar-refractivity contribution in [3.05, 3.63) is 24.3 Å². The second-order valence-corrected chi connectivity index (χ2v) is 3.74. The molecule has 0 heterocycles. The van der Waals surface area contributed by atoms with Crippen LogP contribution in [0.4, 0.5) is 0 Å². The van der Waals surface area contributed by atoms with Crippen LogP contribution in [0, 0.1) is 0 Å². The standard InChI is InChI=1S/C6H6O2.C2H6OS/c7-5-1-2-6(8)4-3-5;1-4(2)3/h1-4,7-8H;1-2H3. The number of benzene rings is 1. The lowest BCUT2D eigenvalue weighted by molar-refractivity contribution is 0.460. The van der Waals surface area contributed by atoms with Gasteiger partial charge in [-0.1, -0.05) is 0 Å². The molecular formula is C8H12O3S. The molecule has 0 atom stereocenters. The van der Waals surface area contributed by atoms with E-state index in [4.69, 9.17) is 10.2 Å². The second-order valence-electron chi connectivity index (χ2n) is 2.26. The molecule has 0 bridgehead atoms. The van der Waals surface area contributed by atoms with E-state index in [1.165, 1.54) is 24.3 Å². The lowest BCUT2D eigenvalue weighted by atomic mass is 10.3. The summed E-state index contributed by atoms with van der Waals surface area (Å²) in [6.45, 7) is 0. The van der Waals surface area contributed by atoms with Crippen LogP contribution in [0.3, 0.4) is 0 Å². The Morgan fingerprint density at radius 1 is 1.00 bits per heavy atom. The van der Waals surface area contributed by atoms with E-state index < -0.39 is 10.8 Å². The molecule has 0 aromatic heterocycles. The second kappa shape index (κ2) is 5.60. The van der Waals surface area contributed by atoms with Crippen molar-refractivity contribution in [2.45, 2.75) is 0 Å². The topological polar surface area (TPSA) is 57.5 Å². The number of phenols is 2. The predicted molar refractivity (Wildman–Crippen MR) is 49.8 cm³/mol. The van der Waals surface area contributed by atoms with Crippen LogP contribution in [0.25, 0.3) is 0 Å². The molecule has 0 aliphatic rings. The van der Waals surface area contributed by atoms with Crippen LogP contribution in [0.15, 0.2) is 24.3 Å². The van der Waals surface area contributed by atoms with Gasteiger partial charge in [0.15, 0.2) is 0 Å². The summed E-state index contributed by atoms with van der Waals surface area (Å²) < 4.78 is 9.56. The van der Waals surface area contributed by atoms with Gasteiger partial charge in [0.25, 0.3) is 0 Å². The Balaban J connectivity index is 0.000000261. The Morgan fingerprint density at radius 2 is 1.17 bits per heavy atom. The van der Waals surface area contributed by atoms with Gasteiger partial charge in [0.1, 0.15) is 11.5 Å². The summed E-state index contributed by atoms with van der Waals surface area (Å²) in [4.78, 5) is 0. The highest BCUT2D eigenvalue weighted by Gasteiger charge is 1.84. The van der Waals surface area contributed by atoms with Gasteiger partial charge in [0.05, 0.1) is 0 Å². The van der Waals surface area contributed by atoms with E-state index in [1.54, 1.807) is 12.5 Å². The molecule has 0 saturated heterocycles. The highest BCUT2D eigenvalue weighted by atomic mass is 32.2. The van der Waals surface area contributed by atoms with E-state index in [0.717, 1.165) is 0 Å². The molecule has 3 nitrogen and oxygen atoms in total. The van der Waals surface area contributed by atoms with Crippen molar-refractivity contribution < 1.29 is 14.4 Å². The summed E-state index contributed by atoms with van der Waals surface area (Å²) in [5.41, 5.74) is 0. The van der Waals surface area contributed by atoms with E-state index in [0.29, 0.717) is 0 Å². The molecule has 0 aliphatic carbocycles. The van der Waals surface area contributed by atoms with E-state index >= 15 is 0 Å². The van der Waals surface area contributed by atoms with Crippen molar-refractivity contribution >= 4 is 10.8 Å². The van der Waals surface area contributed by atoms with E-state index in [1.807, 2.05) is 0 Å². The maximum Gasteiger partial charge on any atom is 0.115 e. The molecule has 1 aromatic carbocycles. The van der Waals surface area contributed by atoms with Crippen LogP contribution in [0.5, 0.6) is 11.5 Å². The van der Waals surface area contributed by atoms with Gasteiger partial charge >= 0.3 is 0 Å². The number of phenolic OH excluding ortho intramolecular Hbond substituents is 2. The zero-order chi connectivity index (χ0) is 9.56. The Labute approximate surface area is 74.1 Å². The molecular weight excluding hydrogens is 176 g/mol. The molecule has 0 saturated carbocycles.